The summed E-state index contributed by atoms with van der Waals surface area (Å²) >= 11 is 0. The predicted molar refractivity (Wildman–Crippen MR) is 109 cm³/mol. The van der Waals surface area contributed by atoms with Crippen LogP contribution in [0.25, 0.3) is 0 Å². The molecule has 2 nitrogen and oxygen atoms in total. The molecule has 0 amide bonds. The number of unbranched alkanes of at least 4 members (excludes halogenated alkanes) is 1. The summed E-state index contributed by atoms with van der Waals surface area (Å²) in [4.78, 5) is 0. The summed E-state index contributed by atoms with van der Waals surface area (Å²) < 4.78 is 6.79. The molecule has 0 aliphatic rings. The number of allylic oxidation sites excluding steroid dienone is 1. The van der Waals surface area contributed by atoms with Crippen LogP contribution < -0.4 is 10.4 Å². The van der Waals surface area contributed by atoms with E-state index in [0.29, 0.717) is 0 Å². The summed E-state index contributed by atoms with van der Waals surface area (Å²) in [7, 11) is -2.39. The quantitative estimate of drug-likeness (QED) is 0.443. The van der Waals surface area contributed by atoms with E-state index in [1.165, 1.54) is 10.4 Å². The summed E-state index contributed by atoms with van der Waals surface area (Å²) in [5.41, 5.74) is 0. The fourth-order valence-electron chi connectivity index (χ4n) is 3.38. The summed E-state index contributed by atoms with van der Waals surface area (Å²) in [6.07, 6.45) is 5.71. The monoisotopic (exact) mass is 354 g/mol. The molecule has 2 rings (SSSR count). The second-order valence-electron chi connectivity index (χ2n) is 7.31. The minimum atomic E-state index is -2.39. The molecule has 1 N–H and O–H groups in total. The van der Waals surface area contributed by atoms with Gasteiger partial charge in [0.1, 0.15) is 0 Å². The Balaban J connectivity index is 2.37. The topological polar surface area (TPSA) is 29.5 Å². The first kappa shape index (κ1) is 19.6. The van der Waals surface area contributed by atoms with Crippen LogP contribution in [0.3, 0.4) is 0 Å². The van der Waals surface area contributed by atoms with Crippen molar-refractivity contribution < 1.29 is 9.53 Å². The summed E-state index contributed by atoms with van der Waals surface area (Å²) in [6, 6.07) is 21.4. The van der Waals surface area contributed by atoms with Crippen LogP contribution in [0.15, 0.2) is 72.8 Å². The van der Waals surface area contributed by atoms with Crippen LogP contribution in [0, 0.1) is 0 Å². The highest BCUT2D eigenvalue weighted by molar-refractivity contribution is 6.99. The van der Waals surface area contributed by atoms with E-state index in [2.05, 4.69) is 81.4 Å². The van der Waals surface area contributed by atoms with Crippen LogP contribution in [0.4, 0.5) is 0 Å². The van der Waals surface area contributed by atoms with E-state index >= 15 is 0 Å². The van der Waals surface area contributed by atoms with E-state index < -0.39 is 8.32 Å². The third-order valence-electron chi connectivity index (χ3n) is 4.52. The second-order valence-corrected chi connectivity index (χ2v) is 11.6. The Morgan fingerprint density at radius 3 is 1.84 bits per heavy atom. The first-order chi connectivity index (χ1) is 12.0. The van der Waals surface area contributed by atoms with Gasteiger partial charge in [-0.05, 0) is 28.3 Å². The van der Waals surface area contributed by atoms with E-state index in [-0.39, 0.29) is 11.6 Å². The van der Waals surface area contributed by atoms with Crippen molar-refractivity contribution in [3.63, 3.8) is 0 Å². The molecule has 0 fully saturated rings. The molecule has 2 aromatic carbocycles. The zero-order valence-corrected chi connectivity index (χ0v) is 16.6. The highest BCUT2D eigenvalue weighted by Crippen LogP contribution is 2.36. The Morgan fingerprint density at radius 1 is 0.880 bits per heavy atom. The smallest absolute Gasteiger partial charge is 0.261 e. The Hall–Kier alpha value is -1.68. The van der Waals surface area contributed by atoms with Gasteiger partial charge in [-0.15, -0.1) is 0 Å². The minimum absolute atomic E-state index is 0.0244. The van der Waals surface area contributed by atoms with E-state index in [0.717, 1.165) is 19.4 Å². The van der Waals surface area contributed by atoms with Crippen LogP contribution in [0.2, 0.25) is 5.04 Å². The molecule has 0 saturated carbocycles. The van der Waals surface area contributed by atoms with Crippen LogP contribution in [-0.4, -0.2) is 26.6 Å². The van der Waals surface area contributed by atoms with E-state index in [1.807, 2.05) is 6.08 Å². The van der Waals surface area contributed by atoms with Gasteiger partial charge in [-0.25, -0.2) is 0 Å². The van der Waals surface area contributed by atoms with Gasteiger partial charge in [0.15, 0.2) is 0 Å². The lowest BCUT2D eigenvalue weighted by Gasteiger charge is -2.43. The molecule has 0 aliphatic heterocycles. The molecule has 3 heteroatoms. The van der Waals surface area contributed by atoms with Gasteiger partial charge in [-0.3, -0.25) is 0 Å². The molecule has 0 atom stereocenters. The zero-order valence-electron chi connectivity index (χ0n) is 15.6. The summed E-state index contributed by atoms with van der Waals surface area (Å²) in [5, 5.41) is 11.5. The molecule has 0 unspecified atom stereocenters. The molecular formula is C22H30O2Si. The van der Waals surface area contributed by atoms with Gasteiger partial charge in [0.25, 0.3) is 8.32 Å². The standard InChI is InChI=1S/C22H30O2Si/c1-22(2,3)25(20-14-8-6-9-15-20,21-16-10-7-11-17-21)24-19-13-5-4-12-18-23/h4,6-12,14-17,23H,5,13,18-19H2,1-3H3/b12-4-. The maximum absolute atomic E-state index is 8.84. The Kier molecular flexibility index (Phi) is 7.18. The fraction of sp³-hybridized carbons (Fsp3) is 0.364. The SMILES string of the molecule is CC(C)(C)[Si](OCCC/C=C\CO)(c1ccccc1)c1ccccc1. The van der Waals surface area contributed by atoms with Crippen molar-refractivity contribution >= 4 is 18.7 Å². The van der Waals surface area contributed by atoms with Crippen molar-refractivity contribution in [2.24, 2.45) is 0 Å². The number of hydrogen-bond acceptors (Lipinski definition) is 2. The van der Waals surface area contributed by atoms with Crippen LogP contribution in [0.1, 0.15) is 33.6 Å². The van der Waals surface area contributed by atoms with Crippen LogP contribution in [-0.2, 0) is 4.43 Å². The zero-order chi connectivity index (χ0) is 18.2. The Labute approximate surface area is 153 Å². The molecule has 0 radical (unpaired) electrons. The molecule has 0 heterocycles. The number of benzene rings is 2. The van der Waals surface area contributed by atoms with E-state index in [4.69, 9.17) is 9.53 Å². The largest absolute Gasteiger partial charge is 0.407 e. The van der Waals surface area contributed by atoms with Crippen molar-refractivity contribution in [2.75, 3.05) is 13.2 Å². The minimum Gasteiger partial charge on any atom is -0.407 e. The van der Waals surface area contributed by atoms with Crippen molar-refractivity contribution in [3.8, 4) is 0 Å². The van der Waals surface area contributed by atoms with Gasteiger partial charge in [0.05, 0.1) is 6.61 Å². The van der Waals surface area contributed by atoms with E-state index in [1.54, 1.807) is 6.08 Å². The normalized spacial score (nSPS) is 12.6. The van der Waals surface area contributed by atoms with Crippen molar-refractivity contribution in [3.05, 3.63) is 72.8 Å². The summed E-state index contributed by atoms with van der Waals surface area (Å²) in [5.74, 6) is 0. The molecule has 0 saturated heterocycles. The average molecular weight is 355 g/mol. The first-order valence-corrected chi connectivity index (χ1v) is 10.9. The molecule has 0 aliphatic carbocycles. The van der Waals surface area contributed by atoms with Crippen LogP contribution in [0.5, 0.6) is 0 Å². The number of rotatable bonds is 8. The van der Waals surface area contributed by atoms with Crippen LogP contribution >= 0.6 is 0 Å². The molecule has 134 valence electrons. The molecule has 0 aromatic heterocycles. The highest BCUT2D eigenvalue weighted by atomic mass is 28.4. The maximum atomic E-state index is 8.84. The lowest BCUT2D eigenvalue weighted by molar-refractivity contribution is 0.292. The second kappa shape index (κ2) is 9.14. The number of aliphatic hydroxyl groups is 1. The third kappa shape index (κ3) is 4.69. The predicted octanol–water partition coefficient (Wildman–Crippen LogP) is 3.89. The van der Waals surface area contributed by atoms with Gasteiger partial charge in [0, 0.05) is 6.61 Å². The Morgan fingerprint density at radius 2 is 1.40 bits per heavy atom. The fourth-order valence-corrected chi connectivity index (χ4v) is 7.99. The van der Waals surface area contributed by atoms with Gasteiger partial charge in [-0.2, -0.15) is 0 Å². The van der Waals surface area contributed by atoms with Gasteiger partial charge in [0.2, 0.25) is 0 Å². The Bertz CT molecular complexity index is 605. The summed E-state index contributed by atoms with van der Waals surface area (Å²) in [6.45, 7) is 7.72. The highest BCUT2D eigenvalue weighted by Gasteiger charge is 2.49. The molecule has 0 spiro atoms. The van der Waals surface area contributed by atoms with E-state index in [9.17, 15) is 0 Å². The lowest BCUT2D eigenvalue weighted by Crippen LogP contribution is -2.66. The molecule has 25 heavy (non-hydrogen) atoms. The van der Waals surface area contributed by atoms with Gasteiger partial charge < -0.3 is 9.53 Å². The number of aliphatic hydroxyl groups excluding tert-OH is 1. The molecule has 2 aromatic rings. The van der Waals surface area contributed by atoms with Crippen molar-refractivity contribution in [2.45, 2.75) is 38.7 Å². The van der Waals surface area contributed by atoms with Crippen molar-refractivity contribution in [1.82, 2.24) is 0 Å². The van der Waals surface area contributed by atoms with Gasteiger partial charge >= 0.3 is 0 Å². The molecular weight excluding hydrogens is 324 g/mol. The first-order valence-electron chi connectivity index (χ1n) is 9.03. The van der Waals surface area contributed by atoms with Crippen molar-refractivity contribution in [1.29, 1.82) is 0 Å². The average Bonchev–Trinajstić information content (AvgIpc) is 2.62. The third-order valence-corrected chi connectivity index (χ3v) is 9.56. The van der Waals surface area contributed by atoms with Gasteiger partial charge in [-0.1, -0.05) is 93.6 Å². The lowest BCUT2D eigenvalue weighted by atomic mass is 10.2. The number of hydrogen-bond donors (Lipinski definition) is 1. The maximum Gasteiger partial charge on any atom is 0.261 e. The molecule has 0 bridgehead atoms.